The molecule has 2 aromatic carbocycles. The minimum absolute atomic E-state index is 0.0274. The van der Waals surface area contributed by atoms with Crippen LogP contribution in [-0.2, 0) is 9.59 Å². The smallest absolute Gasteiger partial charge is 0.249 e. The van der Waals surface area contributed by atoms with E-state index in [1.165, 1.54) is 4.68 Å². The van der Waals surface area contributed by atoms with Gasteiger partial charge < -0.3 is 14.8 Å². The van der Waals surface area contributed by atoms with E-state index in [1.807, 2.05) is 12.1 Å². The summed E-state index contributed by atoms with van der Waals surface area (Å²) < 4.78 is 11.7. The van der Waals surface area contributed by atoms with Crippen LogP contribution in [0.4, 0.5) is 11.6 Å². The molecule has 1 aliphatic heterocycles. The molecule has 0 spiro atoms. The van der Waals surface area contributed by atoms with Crippen LogP contribution in [-0.4, -0.2) is 40.8 Å². The van der Waals surface area contributed by atoms with E-state index >= 15 is 0 Å². The van der Waals surface area contributed by atoms with Crippen molar-refractivity contribution in [3.63, 3.8) is 0 Å². The number of nitrogens with zero attached hydrogens (tertiary/aromatic N) is 3. The van der Waals surface area contributed by atoms with Crippen LogP contribution >= 0.6 is 0 Å². The third-order valence-electron chi connectivity index (χ3n) is 4.56. The number of benzene rings is 2. The molecule has 9 nitrogen and oxygen atoms in total. The lowest BCUT2D eigenvalue weighted by molar-refractivity contribution is -0.125. The van der Waals surface area contributed by atoms with Gasteiger partial charge >= 0.3 is 0 Å². The van der Waals surface area contributed by atoms with Gasteiger partial charge in [0.25, 0.3) is 0 Å². The highest BCUT2D eigenvalue weighted by molar-refractivity contribution is 6.00. The molecule has 1 unspecified atom stereocenters. The van der Waals surface area contributed by atoms with Crippen LogP contribution in [0, 0.1) is 0 Å². The van der Waals surface area contributed by atoms with Crippen LogP contribution in [0.15, 0.2) is 48.5 Å². The average molecular weight is 393 g/mol. The molecule has 0 saturated heterocycles. The zero-order chi connectivity index (χ0) is 20.4. The molecule has 9 heteroatoms. The van der Waals surface area contributed by atoms with Crippen LogP contribution in [0.1, 0.15) is 12.5 Å². The van der Waals surface area contributed by atoms with Crippen LogP contribution in [0.3, 0.4) is 0 Å². The van der Waals surface area contributed by atoms with E-state index in [9.17, 15) is 9.59 Å². The Balaban J connectivity index is 1.59. The van der Waals surface area contributed by atoms with Gasteiger partial charge in [0.05, 0.1) is 20.6 Å². The molecule has 0 radical (unpaired) electrons. The Labute approximate surface area is 166 Å². The quantitative estimate of drug-likeness (QED) is 0.690. The van der Waals surface area contributed by atoms with Gasteiger partial charge in [-0.2, -0.15) is 4.98 Å². The van der Waals surface area contributed by atoms with Gasteiger partial charge in [0.1, 0.15) is 17.5 Å². The highest BCUT2D eigenvalue weighted by atomic mass is 16.5. The topological polar surface area (TPSA) is 107 Å². The van der Waals surface area contributed by atoms with Crippen LogP contribution < -0.4 is 20.1 Å². The molecule has 0 aliphatic carbocycles. The third kappa shape index (κ3) is 3.75. The Bertz CT molecular complexity index is 1040. The minimum Gasteiger partial charge on any atom is -0.497 e. The van der Waals surface area contributed by atoms with Crippen molar-refractivity contribution < 1.29 is 19.1 Å². The summed E-state index contributed by atoms with van der Waals surface area (Å²) in [6.07, 6.45) is -0.0274. The van der Waals surface area contributed by atoms with E-state index in [0.29, 0.717) is 23.0 Å². The number of carbonyl (C=O) groups excluding carboxylic acids is 2. The Hall–Kier alpha value is -3.88. The number of rotatable bonds is 5. The van der Waals surface area contributed by atoms with Gasteiger partial charge in [0, 0.05) is 11.3 Å². The lowest BCUT2D eigenvalue weighted by Gasteiger charge is -2.22. The number of hydrogen-bond donors (Lipinski definition) is 2. The molecule has 2 amide bonds. The highest BCUT2D eigenvalue weighted by Gasteiger charge is 2.33. The zero-order valence-corrected chi connectivity index (χ0v) is 15.9. The fraction of sp³-hybridized carbons (Fsp3) is 0.200. The lowest BCUT2D eigenvalue weighted by Crippen LogP contribution is -2.36. The minimum atomic E-state index is -0.805. The van der Waals surface area contributed by atoms with Crippen LogP contribution in [0.2, 0.25) is 0 Å². The van der Waals surface area contributed by atoms with Crippen molar-refractivity contribution in [1.29, 1.82) is 0 Å². The number of amides is 2. The van der Waals surface area contributed by atoms with Gasteiger partial charge in [-0.1, -0.05) is 0 Å². The Kier molecular flexibility index (Phi) is 4.86. The number of methoxy groups -OCH3 is 2. The maximum Gasteiger partial charge on any atom is 0.249 e. The highest BCUT2D eigenvalue weighted by Crippen LogP contribution is 2.28. The number of ether oxygens (including phenoxy) is 2. The van der Waals surface area contributed by atoms with Gasteiger partial charge in [0.2, 0.25) is 17.8 Å². The Morgan fingerprint density at radius 3 is 2.31 bits per heavy atom. The molecule has 29 heavy (non-hydrogen) atoms. The van der Waals surface area contributed by atoms with E-state index in [-0.39, 0.29) is 24.2 Å². The maximum atomic E-state index is 12.8. The number of hydrogen-bond acceptors (Lipinski definition) is 6. The molecule has 1 aromatic heterocycles. The molecule has 2 heterocycles. The molecule has 0 saturated carbocycles. The third-order valence-corrected chi connectivity index (χ3v) is 4.56. The SMILES string of the molecule is COc1ccc(NC(=O)C2CC(=O)Nc3nc(-c4ccc(OC)cc4)nn32)cc1. The second-order valence-corrected chi connectivity index (χ2v) is 6.42. The van der Waals surface area contributed by atoms with Gasteiger partial charge in [0.15, 0.2) is 5.82 Å². The first-order valence-electron chi connectivity index (χ1n) is 8.93. The zero-order valence-electron chi connectivity index (χ0n) is 15.9. The van der Waals surface area contributed by atoms with Crippen molar-refractivity contribution in [2.24, 2.45) is 0 Å². The lowest BCUT2D eigenvalue weighted by atomic mass is 10.1. The predicted octanol–water partition coefficient (Wildman–Crippen LogP) is 2.48. The van der Waals surface area contributed by atoms with E-state index < -0.39 is 6.04 Å². The van der Waals surface area contributed by atoms with Crippen molar-refractivity contribution in [3.05, 3.63) is 48.5 Å². The second kappa shape index (κ2) is 7.63. The monoisotopic (exact) mass is 393 g/mol. The molecule has 0 fully saturated rings. The number of fused-ring (bicyclic) bond motifs is 1. The van der Waals surface area contributed by atoms with E-state index in [0.717, 1.165) is 5.56 Å². The van der Waals surface area contributed by atoms with Crippen molar-refractivity contribution in [3.8, 4) is 22.9 Å². The number of aromatic nitrogens is 3. The first-order valence-corrected chi connectivity index (χ1v) is 8.93. The molecule has 0 bridgehead atoms. The van der Waals surface area contributed by atoms with Gasteiger partial charge in [-0.25, -0.2) is 4.68 Å². The summed E-state index contributed by atoms with van der Waals surface area (Å²) in [5.74, 6) is 1.40. The van der Waals surface area contributed by atoms with Crippen LogP contribution in [0.5, 0.6) is 11.5 Å². The fourth-order valence-electron chi connectivity index (χ4n) is 3.03. The average Bonchev–Trinajstić information content (AvgIpc) is 3.17. The summed E-state index contributed by atoms with van der Waals surface area (Å²) in [5, 5.41) is 9.93. The van der Waals surface area contributed by atoms with Gasteiger partial charge in [-0.05, 0) is 48.5 Å². The normalized spacial score (nSPS) is 15.2. The first kappa shape index (κ1) is 18.5. The van der Waals surface area contributed by atoms with E-state index in [2.05, 4.69) is 20.7 Å². The second-order valence-electron chi connectivity index (χ2n) is 6.42. The molecule has 148 valence electrons. The molecule has 1 atom stereocenters. The van der Waals surface area contributed by atoms with Gasteiger partial charge in [-0.3, -0.25) is 14.9 Å². The molecular weight excluding hydrogens is 374 g/mol. The molecule has 3 aromatic rings. The molecular formula is C20H19N5O4. The predicted molar refractivity (Wildman–Crippen MR) is 106 cm³/mol. The van der Waals surface area contributed by atoms with Crippen molar-refractivity contribution in [2.75, 3.05) is 24.9 Å². The first-order chi connectivity index (χ1) is 14.1. The van der Waals surface area contributed by atoms with Crippen molar-refractivity contribution in [1.82, 2.24) is 14.8 Å². The van der Waals surface area contributed by atoms with Crippen molar-refractivity contribution >= 4 is 23.5 Å². The van der Waals surface area contributed by atoms with E-state index in [1.54, 1.807) is 50.6 Å². The van der Waals surface area contributed by atoms with E-state index in [4.69, 9.17) is 9.47 Å². The summed E-state index contributed by atoms with van der Waals surface area (Å²) in [7, 11) is 3.16. The fourth-order valence-corrected chi connectivity index (χ4v) is 3.03. The molecule has 2 N–H and O–H groups in total. The summed E-state index contributed by atoms with van der Waals surface area (Å²) in [6, 6.07) is 13.3. The largest absolute Gasteiger partial charge is 0.497 e. The molecule has 4 rings (SSSR count). The maximum absolute atomic E-state index is 12.8. The number of anilines is 2. The summed E-state index contributed by atoms with van der Waals surface area (Å²) in [4.78, 5) is 29.3. The number of carbonyl (C=O) groups is 2. The Morgan fingerprint density at radius 2 is 1.69 bits per heavy atom. The number of nitrogens with one attached hydrogen (secondary N) is 2. The van der Waals surface area contributed by atoms with Gasteiger partial charge in [-0.15, -0.1) is 5.10 Å². The summed E-state index contributed by atoms with van der Waals surface area (Å²) in [5.41, 5.74) is 1.34. The standard InChI is InChI=1S/C20H19N5O4/c1-28-14-7-3-12(4-8-14)18-23-20-22-17(26)11-16(25(20)24-18)19(27)21-13-5-9-15(29-2)10-6-13/h3-10,16H,11H2,1-2H3,(H,21,27)(H,22,23,24,26). The van der Waals surface area contributed by atoms with Crippen LogP contribution in [0.25, 0.3) is 11.4 Å². The molecule has 1 aliphatic rings. The summed E-state index contributed by atoms with van der Waals surface area (Å²) in [6.45, 7) is 0. The summed E-state index contributed by atoms with van der Waals surface area (Å²) >= 11 is 0. The Morgan fingerprint density at radius 1 is 1.07 bits per heavy atom. The van der Waals surface area contributed by atoms with Crippen molar-refractivity contribution in [2.45, 2.75) is 12.5 Å².